The van der Waals surface area contributed by atoms with E-state index in [1.165, 1.54) is 17.5 Å². The third kappa shape index (κ3) is 2.77. The van der Waals surface area contributed by atoms with Gasteiger partial charge in [-0.2, -0.15) is 4.98 Å². The first-order chi connectivity index (χ1) is 11.3. The summed E-state index contributed by atoms with van der Waals surface area (Å²) in [5, 5.41) is 3.40. The number of nitrogens with zero attached hydrogens (tertiary/aromatic N) is 3. The van der Waals surface area contributed by atoms with Gasteiger partial charge in [-0.25, -0.2) is 4.98 Å². The zero-order chi connectivity index (χ0) is 15.6. The summed E-state index contributed by atoms with van der Waals surface area (Å²) < 4.78 is 0. The van der Waals surface area contributed by atoms with Crippen molar-refractivity contribution >= 4 is 11.8 Å². The van der Waals surface area contributed by atoms with Crippen LogP contribution in [-0.2, 0) is 6.42 Å². The summed E-state index contributed by atoms with van der Waals surface area (Å²) >= 11 is 0. The molecule has 1 aromatic heterocycles. The molecule has 23 heavy (non-hydrogen) atoms. The van der Waals surface area contributed by atoms with Crippen LogP contribution in [0, 0.1) is 0 Å². The van der Waals surface area contributed by atoms with Crippen LogP contribution in [0.25, 0.3) is 0 Å². The van der Waals surface area contributed by atoms with Crippen molar-refractivity contribution in [2.75, 3.05) is 36.8 Å². The summed E-state index contributed by atoms with van der Waals surface area (Å²) in [5.41, 5.74) is 9.85. The maximum absolute atomic E-state index is 6.07. The van der Waals surface area contributed by atoms with Crippen molar-refractivity contribution in [3.05, 3.63) is 47.2 Å². The molecule has 0 amide bonds. The molecule has 1 atom stereocenters. The Morgan fingerprint density at radius 3 is 2.65 bits per heavy atom. The fourth-order valence-corrected chi connectivity index (χ4v) is 3.80. The normalized spacial score (nSPS) is 21.0. The smallest absolute Gasteiger partial charge is 0.222 e. The lowest BCUT2D eigenvalue weighted by atomic mass is 9.82. The van der Waals surface area contributed by atoms with Gasteiger partial charge in [0, 0.05) is 37.7 Å². The van der Waals surface area contributed by atoms with Gasteiger partial charge in [0.15, 0.2) is 0 Å². The van der Waals surface area contributed by atoms with Crippen LogP contribution in [0.4, 0.5) is 11.8 Å². The highest BCUT2D eigenvalue weighted by Crippen LogP contribution is 2.39. The lowest BCUT2D eigenvalue weighted by molar-refractivity contribution is 0.566. The molecule has 2 heterocycles. The van der Waals surface area contributed by atoms with Gasteiger partial charge >= 0.3 is 0 Å². The molecule has 1 aliphatic heterocycles. The van der Waals surface area contributed by atoms with E-state index in [0.29, 0.717) is 11.9 Å². The molecular weight excluding hydrogens is 286 g/mol. The Morgan fingerprint density at radius 2 is 1.87 bits per heavy atom. The van der Waals surface area contributed by atoms with Crippen molar-refractivity contribution in [1.82, 2.24) is 15.3 Å². The second-order valence-electron chi connectivity index (χ2n) is 6.36. The summed E-state index contributed by atoms with van der Waals surface area (Å²) in [7, 11) is 0. The van der Waals surface area contributed by atoms with Gasteiger partial charge in [0.2, 0.25) is 5.95 Å². The largest absolute Gasteiger partial charge is 0.368 e. The zero-order valence-corrected chi connectivity index (χ0v) is 13.3. The van der Waals surface area contributed by atoms with Gasteiger partial charge in [0.1, 0.15) is 5.82 Å². The molecule has 1 aromatic carbocycles. The van der Waals surface area contributed by atoms with E-state index in [2.05, 4.69) is 50.5 Å². The fourth-order valence-electron chi connectivity index (χ4n) is 3.80. The summed E-state index contributed by atoms with van der Waals surface area (Å²) in [5.74, 6) is 1.81. The first-order valence-corrected chi connectivity index (χ1v) is 8.50. The van der Waals surface area contributed by atoms with Crippen LogP contribution < -0.4 is 16.0 Å². The minimum absolute atomic E-state index is 0.340. The Balaban J connectivity index is 1.78. The number of nitrogens with two attached hydrogens (primary N) is 1. The first kappa shape index (κ1) is 14.5. The van der Waals surface area contributed by atoms with E-state index >= 15 is 0 Å². The van der Waals surface area contributed by atoms with Crippen molar-refractivity contribution in [2.45, 2.75) is 25.2 Å². The minimum atomic E-state index is 0.340. The summed E-state index contributed by atoms with van der Waals surface area (Å²) in [4.78, 5) is 11.6. The maximum Gasteiger partial charge on any atom is 0.222 e. The number of hydrogen-bond donors (Lipinski definition) is 2. The highest BCUT2D eigenvalue weighted by Gasteiger charge is 2.28. The summed E-state index contributed by atoms with van der Waals surface area (Å²) in [6, 6.07) is 10.7. The summed E-state index contributed by atoms with van der Waals surface area (Å²) in [6.07, 6.45) is 3.37. The highest BCUT2D eigenvalue weighted by atomic mass is 15.2. The number of piperazine rings is 1. The van der Waals surface area contributed by atoms with Crippen molar-refractivity contribution in [3.8, 4) is 0 Å². The molecule has 0 bridgehead atoms. The Kier molecular flexibility index (Phi) is 3.87. The molecule has 0 saturated carbocycles. The quantitative estimate of drug-likeness (QED) is 0.887. The number of benzene rings is 1. The number of hydrogen-bond acceptors (Lipinski definition) is 5. The molecule has 5 nitrogen and oxygen atoms in total. The maximum atomic E-state index is 6.07. The number of nitrogens with one attached hydrogen (secondary N) is 1. The van der Waals surface area contributed by atoms with E-state index in [0.717, 1.165) is 50.5 Å². The Labute approximate surface area is 136 Å². The molecular formula is C18H23N5. The number of rotatable bonds is 2. The minimum Gasteiger partial charge on any atom is -0.368 e. The zero-order valence-electron chi connectivity index (χ0n) is 13.3. The Morgan fingerprint density at radius 1 is 1.09 bits per heavy atom. The predicted molar refractivity (Wildman–Crippen MR) is 92.8 cm³/mol. The Hall–Kier alpha value is -2.14. The molecule has 1 saturated heterocycles. The topological polar surface area (TPSA) is 67.1 Å². The van der Waals surface area contributed by atoms with Crippen LogP contribution in [0.2, 0.25) is 0 Å². The Bertz CT molecular complexity index is 679. The SMILES string of the molecule is Nc1nc2c(c(N3CCNCC3)n1)CCCC2c1ccccc1. The molecule has 3 N–H and O–H groups in total. The van der Waals surface area contributed by atoms with E-state index in [1.54, 1.807) is 0 Å². The number of aromatic nitrogens is 2. The molecule has 2 aromatic rings. The number of nitrogen functional groups attached to an aromatic ring is 1. The predicted octanol–water partition coefficient (Wildman–Crippen LogP) is 1.94. The highest BCUT2D eigenvalue weighted by molar-refractivity contribution is 5.55. The van der Waals surface area contributed by atoms with Crippen LogP contribution >= 0.6 is 0 Å². The standard InChI is InChI=1S/C18H23N5/c19-18-21-16-14(13-5-2-1-3-6-13)7-4-8-15(16)17(22-18)23-11-9-20-10-12-23/h1-3,5-6,14,20H,4,7-12H2,(H2,19,21,22). The van der Waals surface area contributed by atoms with Crippen molar-refractivity contribution in [1.29, 1.82) is 0 Å². The van der Waals surface area contributed by atoms with Gasteiger partial charge in [0.25, 0.3) is 0 Å². The fraction of sp³-hybridized carbons (Fsp3) is 0.444. The average Bonchev–Trinajstić information content (AvgIpc) is 2.62. The van der Waals surface area contributed by atoms with Gasteiger partial charge in [-0.3, -0.25) is 0 Å². The van der Waals surface area contributed by atoms with Gasteiger partial charge in [-0.15, -0.1) is 0 Å². The second-order valence-corrected chi connectivity index (χ2v) is 6.36. The van der Waals surface area contributed by atoms with Crippen LogP contribution in [0.5, 0.6) is 0 Å². The lowest BCUT2D eigenvalue weighted by Gasteiger charge is -2.33. The van der Waals surface area contributed by atoms with E-state index in [1.807, 2.05) is 0 Å². The van der Waals surface area contributed by atoms with E-state index in [9.17, 15) is 0 Å². The van der Waals surface area contributed by atoms with Crippen LogP contribution in [0.15, 0.2) is 30.3 Å². The molecule has 120 valence electrons. The van der Waals surface area contributed by atoms with Gasteiger partial charge in [-0.05, 0) is 24.8 Å². The molecule has 1 unspecified atom stereocenters. The molecule has 5 heteroatoms. The summed E-state index contributed by atoms with van der Waals surface area (Å²) in [6.45, 7) is 3.97. The monoisotopic (exact) mass is 309 g/mol. The molecule has 1 fully saturated rings. The van der Waals surface area contributed by atoms with Crippen LogP contribution in [-0.4, -0.2) is 36.1 Å². The molecule has 2 aliphatic rings. The van der Waals surface area contributed by atoms with Crippen LogP contribution in [0.1, 0.15) is 35.6 Å². The van der Waals surface area contributed by atoms with Crippen LogP contribution in [0.3, 0.4) is 0 Å². The van der Waals surface area contributed by atoms with E-state index < -0.39 is 0 Å². The van der Waals surface area contributed by atoms with Crippen molar-refractivity contribution < 1.29 is 0 Å². The number of anilines is 2. The van der Waals surface area contributed by atoms with Gasteiger partial charge < -0.3 is 16.0 Å². The third-order valence-electron chi connectivity index (χ3n) is 4.90. The molecule has 0 radical (unpaired) electrons. The second kappa shape index (κ2) is 6.16. The molecule has 1 aliphatic carbocycles. The number of fused-ring (bicyclic) bond motifs is 1. The van der Waals surface area contributed by atoms with Gasteiger partial charge in [0.05, 0.1) is 5.69 Å². The third-order valence-corrected chi connectivity index (χ3v) is 4.90. The first-order valence-electron chi connectivity index (χ1n) is 8.50. The van der Waals surface area contributed by atoms with Gasteiger partial charge in [-0.1, -0.05) is 30.3 Å². The average molecular weight is 309 g/mol. The van der Waals surface area contributed by atoms with Crippen molar-refractivity contribution in [2.24, 2.45) is 0 Å². The molecule has 4 rings (SSSR count). The van der Waals surface area contributed by atoms with E-state index in [4.69, 9.17) is 5.73 Å². The van der Waals surface area contributed by atoms with E-state index in [-0.39, 0.29) is 0 Å². The molecule has 0 spiro atoms. The van der Waals surface area contributed by atoms with Crippen molar-refractivity contribution in [3.63, 3.8) is 0 Å². The lowest BCUT2D eigenvalue weighted by Crippen LogP contribution is -2.44.